The summed E-state index contributed by atoms with van der Waals surface area (Å²) in [5.41, 5.74) is -0.769. The van der Waals surface area contributed by atoms with Crippen molar-refractivity contribution in [3.05, 3.63) is 48.3 Å². The standard InChI is InChI=1S/C25H30F3N5O4.C2HF3O2/c1-5-31(6-2)14-11-21(34)30-19-15-18(7-8-20(19)37-25(26,27)28)33-22(35)24(3,4)32(23(33)36)16-17-9-12-29-13-10-17;3-2(4,5)1(6)7/h7-10,12-13,15H,5-6,11,14,16H2,1-4H3,(H,30,34);(H,6,7). The molecule has 1 aliphatic heterocycles. The molecule has 0 bridgehead atoms. The number of halogens is 6. The van der Waals surface area contributed by atoms with Crippen LogP contribution in [0.5, 0.6) is 5.75 Å². The molecule has 1 saturated heterocycles. The van der Waals surface area contributed by atoms with Gasteiger partial charge in [-0.2, -0.15) is 13.2 Å². The number of carbonyl (C=O) groups is 4. The van der Waals surface area contributed by atoms with Crippen LogP contribution in [0.3, 0.4) is 0 Å². The van der Waals surface area contributed by atoms with Gasteiger partial charge in [0.25, 0.3) is 5.91 Å². The van der Waals surface area contributed by atoms with Crippen LogP contribution in [0.2, 0.25) is 0 Å². The molecule has 2 heterocycles. The van der Waals surface area contributed by atoms with E-state index in [0.29, 0.717) is 19.6 Å². The van der Waals surface area contributed by atoms with Gasteiger partial charge in [-0.25, -0.2) is 14.5 Å². The van der Waals surface area contributed by atoms with E-state index in [1.165, 1.54) is 11.0 Å². The first-order chi connectivity index (χ1) is 20.3. The zero-order valence-corrected chi connectivity index (χ0v) is 24.1. The van der Waals surface area contributed by atoms with Crippen LogP contribution in [0.4, 0.5) is 42.5 Å². The fourth-order valence-electron chi connectivity index (χ4n) is 3.98. The van der Waals surface area contributed by atoms with Crippen LogP contribution in [0.25, 0.3) is 0 Å². The molecule has 0 saturated carbocycles. The Labute approximate surface area is 248 Å². The van der Waals surface area contributed by atoms with E-state index >= 15 is 0 Å². The van der Waals surface area contributed by atoms with Gasteiger partial charge in [-0.05, 0) is 62.8 Å². The topological polar surface area (TPSA) is 132 Å². The molecule has 2 N–H and O–H groups in total. The van der Waals surface area contributed by atoms with Crippen molar-refractivity contribution in [3.63, 3.8) is 0 Å². The molecule has 44 heavy (non-hydrogen) atoms. The van der Waals surface area contributed by atoms with Crippen molar-refractivity contribution in [3.8, 4) is 5.75 Å². The Hall–Kier alpha value is -4.41. The number of nitrogens with zero attached hydrogens (tertiary/aromatic N) is 4. The molecule has 0 spiro atoms. The van der Waals surface area contributed by atoms with Gasteiger partial charge in [-0.3, -0.25) is 14.6 Å². The van der Waals surface area contributed by atoms with Crippen molar-refractivity contribution in [1.29, 1.82) is 0 Å². The number of aliphatic carboxylic acids is 1. The number of nitrogens with one attached hydrogen (secondary N) is 1. The minimum Gasteiger partial charge on any atom is -0.475 e. The smallest absolute Gasteiger partial charge is 0.475 e. The molecule has 1 aromatic heterocycles. The van der Waals surface area contributed by atoms with Gasteiger partial charge in [-0.1, -0.05) is 13.8 Å². The summed E-state index contributed by atoms with van der Waals surface area (Å²) in [5, 5.41) is 9.57. The second-order valence-electron chi connectivity index (χ2n) is 9.78. The van der Waals surface area contributed by atoms with Crippen molar-refractivity contribution >= 4 is 35.2 Å². The van der Waals surface area contributed by atoms with Gasteiger partial charge in [0.15, 0.2) is 5.75 Å². The summed E-state index contributed by atoms with van der Waals surface area (Å²) < 4.78 is 74.9. The number of anilines is 2. The lowest BCUT2D eigenvalue weighted by molar-refractivity contribution is -0.274. The summed E-state index contributed by atoms with van der Waals surface area (Å²) in [6.07, 6.45) is -6.93. The van der Waals surface area contributed by atoms with E-state index in [4.69, 9.17) is 9.90 Å². The summed E-state index contributed by atoms with van der Waals surface area (Å²) in [6, 6.07) is 6.07. The second-order valence-corrected chi connectivity index (χ2v) is 9.78. The first-order valence-electron chi connectivity index (χ1n) is 13.1. The number of urea groups is 1. The Bertz CT molecular complexity index is 1330. The fraction of sp³-hybridized carbons (Fsp3) is 0.444. The molecular formula is C27H31F6N5O6. The zero-order chi connectivity index (χ0) is 33.5. The molecule has 2 aromatic rings. The number of imide groups is 1. The summed E-state index contributed by atoms with van der Waals surface area (Å²) in [7, 11) is 0. The van der Waals surface area contributed by atoms with Gasteiger partial charge >= 0.3 is 24.5 Å². The highest BCUT2D eigenvalue weighted by molar-refractivity contribution is 6.23. The number of amides is 4. The number of benzene rings is 1. The molecule has 0 radical (unpaired) electrons. The quantitative estimate of drug-likeness (QED) is 0.275. The van der Waals surface area contributed by atoms with Crippen molar-refractivity contribution < 1.29 is 55.4 Å². The van der Waals surface area contributed by atoms with Crippen LogP contribution < -0.4 is 15.0 Å². The summed E-state index contributed by atoms with van der Waals surface area (Å²) >= 11 is 0. The lowest BCUT2D eigenvalue weighted by atomic mass is 10.0. The van der Waals surface area contributed by atoms with Crippen molar-refractivity contribution in [2.45, 2.75) is 58.7 Å². The number of pyridine rings is 1. The molecule has 0 atom stereocenters. The van der Waals surface area contributed by atoms with E-state index in [1.807, 2.05) is 18.7 Å². The number of alkyl halides is 6. The average molecular weight is 636 g/mol. The molecule has 3 rings (SSSR count). The van der Waals surface area contributed by atoms with Gasteiger partial charge < -0.3 is 25.0 Å². The Morgan fingerprint density at radius 2 is 1.59 bits per heavy atom. The predicted molar refractivity (Wildman–Crippen MR) is 145 cm³/mol. The Morgan fingerprint density at radius 3 is 2.09 bits per heavy atom. The van der Waals surface area contributed by atoms with Crippen LogP contribution in [-0.4, -0.2) is 81.4 Å². The van der Waals surface area contributed by atoms with E-state index in [9.17, 15) is 40.7 Å². The number of carboxylic acids is 1. The van der Waals surface area contributed by atoms with Gasteiger partial charge in [0, 0.05) is 31.9 Å². The Balaban J connectivity index is 0.000000860. The number of ether oxygens (including phenoxy) is 1. The number of aromatic nitrogens is 1. The van der Waals surface area contributed by atoms with Crippen LogP contribution in [0, 0.1) is 0 Å². The van der Waals surface area contributed by atoms with E-state index in [1.54, 1.807) is 38.4 Å². The predicted octanol–water partition coefficient (Wildman–Crippen LogP) is 5.03. The monoisotopic (exact) mass is 635 g/mol. The normalized spacial score (nSPS) is 14.8. The molecular weight excluding hydrogens is 604 g/mol. The van der Waals surface area contributed by atoms with Crippen molar-refractivity contribution in [2.75, 3.05) is 29.9 Å². The van der Waals surface area contributed by atoms with E-state index < -0.39 is 47.6 Å². The average Bonchev–Trinajstić information content (AvgIpc) is 3.09. The van der Waals surface area contributed by atoms with Gasteiger partial charge in [-0.15, -0.1) is 13.2 Å². The third-order valence-electron chi connectivity index (χ3n) is 6.43. The molecule has 1 aliphatic rings. The maximum atomic E-state index is 13.3. The molecule has 11 nitrogen and oxygen atoms in total. The minimum atomic E-state index is -5.08. The van der Waals surface area contributed by atoms with Crippen molar-refractivity contribution in [2.24, 2.45) is 0 Å². The van der Waals surface area contributed by atoms with Crippen molar-refractivity contribution in [1.82, 2.24) is 14.8 Å². The minimum absolute atomic E-state index is 0.00821. The molecule has 1 aromatic carbocycles. The fourth-order valence-corrected chi connectivity index (χ4v) is 3.98. The maximum absolute atomic E-state index is 13.3. The van der Waals surface area contributed by atoms with Crippen LogP contribution >= 0.6 is 0 Å². The zero-order valence-electron chi connectivity index (χ0n) is 24.1. The lowest BCUT2D eigenvalue weighted by Crippen LogP contribution is -2.43. The molecule has 0 aliphatic carbocycles. The number of carbonyl (C=O) groups excluding carboxylic acids is 3. The number of hydrogen-bond acceptors (Lipinski definition) is 7. The summed E-state index contributed by atoms with van der Waals surface area (Å²) in [5.74, 6) is -4.50. The summed E-state index contributed by atoms with van der Waals surface area (Å²) in [4.78, 5) is 56.3. The number of carboxylic acid groups (broad SMARTS) is 1. The molecule has 0 unspecified atom stereocenters. The first-order valence-corrected chi connectivity index (χ1v) is 13.1. The molecule has 4 amide bonds. The number of rotatable bonds is 10. The van der Waals surface area contributed by atoms with Gasteiger partial charge in [0.2, 0.25) is 5.91 Å². The largest absolute Gasteiger partial charge is 0.573 e. The first kappa shape index (κ1) is 35.8. The highest BCUT2D eigenvalue weighted by atomic mass is 19.4. The third-order valence-corrected chi connectivity index (χ3v) is 6.43. The van der Waals surface area contributed by atoms with Crippen LogP contribution in [0.1, 0.15) is 39.7 Å². The Morgan fingerprint density at radius 1 is 1.02 bits per heavy atom. The van der Waals surface area contributed by atoms with Crippen LogP contribution in [0.15, 0.2) is 42.7 Å². The molecule has 17 heteroatoms. The molecule has 1 fully saturated rings. The van der Waals surface area contributed by atoms with E-state index in [0.717, 1.165) is 22.6 Å². The number of hydrogen-bond donors (Lipinski definition) is 2. The SMILES string of the molecule is CCN(CC)CCC(=O)Nc1cc(N2C(=O)N(Cc3ccncc3)C(C)(C)C2=O)ccc1OC(F)(F)F.O=C(O)C(F)(F)F. The highest BCUT2D eigenvalue weighted by Gasteiger charge is 2.52. The Kier molecular flexibility index (Phi) is 11.7. The highest BCUT2D eigenvalue weighted by Crippen LogP contribution is 2.38. The molecule has 242 valence electrons. The maximum Gasteiger partial charge on any atom is 0.573 e. The van der Waals surface area contributed by atoms with E-state index in [2.05, 4.69) is 15.0 Å². The van der Waals surface area contributed by atoms with Gasteiger partial charge in [0.05, 0.1) is 11.4 Å². The summed E-state index contributed by atoms with van der Waals surface area (Å²) in [6.45, 7) is 9.01. The lowest BCUT2D eigenvalue weighted by Gasteiger charge is -2.27. The van der Waals surface area contributed by atoms with Crippen LogP contribution in [-0.2, 0) is 20.9 Å². The van der Waals surface area contributed by atoms with E-state index in [-0.39, 0.29) is 24.3 Å². The van der Waals surface area contributed by atoms with Gasteiger partial charge in [0.1, 0.15) is 5.54 Å². The third kappa shape index (κ3) is 9.55. The second kappa shape index (κ2) is 14.4.